The SMILES string of the molecule is CCCCOC(=O)c1ccccc1NC(=O)C(=O)NC1CCN(Cc2ccccc2)CC1. The Balaban J connectivity index is 1.47. The molecule has 3 rings (SSSR count). The van der Waals surface area contributed by atoms with Gasteiger partial charge < -0.3 is 15.4 Å². The maximum absolute atomic E-state index is 12.4. The number of amides is 2. The number of nitrogens with one attached hydrogen (secondary N) is 2. The number of rotatable bonds is 8. The van der Waals surface area contributed by atoms with E-state index < -0.39 is 17.8 Å². The lowest BCUT2D eigenvalue weighted by molar-refractivity contribution is -0.136. The smallest absolute Gasteiger partial charge is 0.340 e. The minimum atomic E-state index is -0.787. The van der Waals surface area contributed by atoms with Gasteiger partial charge in [0.1, 0.15) is 0 Å². The standard InChI is InChI=1S/C25H31N3O4/c1-2-3-17-32-25(31)21-11-7-8-12-22(21)27-24(30)23(29)26-20-13-15-28(16-14-20)18-19-9-5-4-6-10-19/h4-12,20H,2-3,13-18H2,1H3,(H,26,29)(H,27,30). The molecule has 0 atom stereocenters. The van der Waals surface area contributed by atoms with Crippen LogP contribution in [-0.4, -0.2) is 48.4 Å². The lowest BCUT2D eigenvalue weighted by Gasteiger charge is -2.32. The van der Waals surface area contributed by atoms with Gasteiger partial charge in [-0.2, -0.15) is 0 Å². The number of para-hydroxylation sites is 1. The lowest BCUT2D eigenvalue weighted by Crippen LogP contribution is -2.47. The number of hydrogen-bond acceptors (Lipinski definition) is 5. The first kappa shape index (κ1) is 23.5. The van der Waals surface area contributed by atoms with Crippen LogP contribution in [0.15, 0.2) is 54.6 Å². The molecule has 0 bridgehead atoms. The molecule has 32 heavy (non-hydrogen) atoms. The number of benzene rings is 2. The van der Waals surface area contributed by atoms with Crippen LogP contribution in [0.25, 0.3) is 0 Å². The molecule has 1 fully saturated rings. The lowest BCUT2D eigenvalue weighted by atomic mass is 10.0. The second-order valence-electron chi connectivity index (χ2n) is 8.00. The van der Waals surface area contributed by atoms with Gasteiger partial charge in [0.05, 0.1) is 17.9 Å². The average molecular weight is 438 g/mol. The van der Waals surface area contributed by atoms with E-state index in [2.05, 4.69) is 27.7 Å². The maximum atomic E-state index is 12.4. The van der Waals surface area contributed by atoms with Crippen LogP contribution in [0.1, 0.15) is 48.5 Å². The number of ether oxygens (including phenoxy) is 1. The zero-order valence-electron chi connectivity index (χ0n) is 18.5. The van der Waals surface area contributed by atoms with Gasteiger partial charge in [-0.25, -0.2) is 4.79 Å². The summed E-state index contributed by atoms with van der Waals surface area (Å²) in [7, 11) is 0. The van der Waals surface area contributed by atoms with E-state index in [-0.39, 0.29) is 17.3 Å². The normalized spacial score (nSPS) is 14.5. The van der Waals surface area contributed by atoms with E-state index in [4.69, 9.17) is 4.74 Å². The summed E-state index contributed by atoms with van der Waals surface area (Å²) < 4.78 is 5.23. The summed E-state index contributed by atoms with van der Waals surface area (Å²) in [6, 6.07) is 16.8. The molecular formula is C25H31N3O4. The predicted octanol–water partition coefficient (Wildman–Crippen LogP) is 3.36. The first-order valence-electron chi connectivity index (χ1n) is 11.2. The van der Waals surface area contributed by atoms with Crippen molar-refractivity contribution in [3.63, 3.8) is 0 Å². The molecule has 170 valence electrons. The number of nitrogens with zero attached hydrogens (tertiary/aromatic N) is 1. The fourth-order valence-electron chi connectivity index (χ4n) is 3.66. The quantitative estimate of drug-likeness (QED) is 0.376. The Labute approximate surface area is 189 Å². The van der Waals surface area contributed by atoms with Crippen LogP contribution in [0.4, 0.5) is 5.69 Å². The molecule has 2 amide bonds. The van der Waals surface area contributed by atoms with Crippen molar-refractivity contribution in [3.8, 4) is 0 Å². The molecule has 0 aromatic heterocycles. The van der Waals surface area contributed by atoms with E-state index in [0.717, 1.165) is 45.3 Å². The molecular weight excluding hydrogens is 406 g/mol. The second kappa shape index (κ2) is 12.0. The van der Waals surface area contributed by atoms with Gasteiger partial charge in [0, 0.05) is 25.7 Å². The summed E-state index contributed by atoms with van der Waals surface area (Å²) in [5.74, 6) is -1.99. The van der Waals surface area contributed by atoms with E-state index in [9.17, 15) is 14.4 Å². The van der Waals surface area contributed by atoms with Crippen molar-refractivity contribution in [3.05, 3.63) is 65.7 Å². The van der Waals surface area contributed by atoms with Crippen LogP contribution in [0, 0.1) is 0 Å². The van der Waals surface area contributed by atoms with Gasteiger partial charge in [-0.1, -0.05) is 55.8 Å². The van der Waals surface area contributed by atoms with Crippen molar-refractivity contribution < 1.29 is 19.1 Å². The fourth-order valence-corrected chi connectivity index (χ4v) is 3.66. The molecule has 7 nitrogen and oxygen atoms in total. The fraction of sp³-hybridized carbons (Fsp3) is 0.400. The first-order valence-corrected chi connectivity index (χ1v) is 11.2. The van der Waals surface area contributed by atoms with Crippen LogP contribution in [0.3, 0.4) is 0 Å². The number of carbonyl (C=O) groups is 3. The Bertz CT molecular complexity index is 908. The van der Waals surface area contributed by atoms with Crippen LogP contribution < -0.4 is 10.6 Å². The molecule has 2 N–H and O–H groups in total. The van der Waals surface area contributed by atoms with Crippen LogP contribution in [-0.2, 0) is 20.9 Å². The van der Waals surface area contributed by atoms with E-state index in [1.165, 1.54) is 5.56 Å². The predicted molar refractivity (Wildman–Crippen MR) is 123 cm³/mol. The van der Waals surface area contributed by atoms with Gasteiger partial charge in [0.25, 0.3) is 0 Å². The Kier molecular flexibility index (Phi) is 8.80. The van der Waals surface area contributed by atoms with E-state index in [1.807, 2.05) is 25.1 Å². The third kappa shape index (κ3) is 6.92. The molecule has 1 saturated heterocycles. The summed E-state index contributed by atoms with van der Waals surface area (Å²) in [5, 5.41) is 5.37. The number of anilines is 1. The topological polar surface area (TPSA) is 87.7 Å². The molecule has 0 spiro atoms. The van der Waals surface area contributed by atoms with Gasteiger partial charge in [0.2, 0.25) is 0 Å². The van der Waals surface area contributed by atoms with Gasteiger partial charge >= 0.3 is 17.8 Å². The van der Waals surface area contributed by atoms with Crippen molar-refractivity contribution in [2.75, 3.05) is 25.0 Å². The van der Waals surface area contributed by atoms with Crippen molar-refractivity contribution in [2.45, 2.75) is 45.2 Å². The largest absolute Gasteiger partial charge is 0.462 e. The summed E-state index contributed by atoms with van der Waals surface area (Å²) in [5.41, 5.74) is 1.77. The average Bonchev–Trinajstić information content (AvgIpc) is 2.81. The molecule has 0 saturated carbocycles. The van der Waals surface area contributed by atoms with Crippen LogP contribution in [0.2, 0.25) is 0 Å². The number of carbonyl (C=O) groups excluding carboxylic acids is 3. The van der Waals surface area contributed by atoms with Gasteiger partial charge in [-0.15, -0.1) is 0 Å². The van der Waals surface area contributed by atoms with E-state index in [1.54, 1.807) is 24.3 Å². The minimum absolute atomic E-state index is 0.0467. The number of unbranched alkanes of at least 4 members (excludes halogenated alkanes) is 1. The van der Waals surface area contributed by atoms with E-state index >= 15 is 0 Å². The Morgan fingerprint density at radius 1 is 0.969 bits per heavy atom. The second-order valence-corrected chi connectivity index (χ2v) is 8.00. The van der Waals surface area contributed by atoms with Crippen molar-refractivity contribution in [2.24, 2.45) is 0 Å². The third-order valence-corrected chi connectivity index (χ3v) is 5.50. The first-order chi connectivity index (χ1) is 15.6. The van der Waals surface area contributed by atoms with Crippen LogP contribution in [0.5, 0.6) is 0 Å². The van der Waals surface area contributed by atoms with Crippen molar-refractivity contribution in [1.29, 1.82) is 0 Å². The number of esters is 1. The molecule has 0 aliphatic carbocycles. The molecule has 1 aliphatic rings. The van der Waals surface area contributed by atoms with Gasteiger partial charge in [0.15, 0.2) is 0 Å². The maximum Gasteiger partial charge on any atom is 0.340 e. The van der Waals surface area contributed by atoms with Crippen molar-refractivity contribution in [1.82, 2.24) is 10.2 Å². The highest BCUT2D eigenvalue weighted by Gasteiger charge is 2.24. The highest BCUT2D eigenvalue weighted by Crippen LogP contribution is 2.17. The highest BCUT2D eigenvalue weighted by molar-refractivity contribution is 6.40. The molecule has 7 heteroatoms. The molecule has 1 aliphatic heterocycles. The molecule has 2 aromatic carbocycles. The summed E-state index contributed by atoms with van der Waals surface area (Å²) >= 11 is 0. The summed E-state index contributed by atoms with van der Waals surface area (Å²) in [6.07, 6.45) is 3.25. The molecule has 2 aromatic rings. The Morgan fingerprint density at radius 3 is 2.38 bits per heavy atom. The zero-order chi connectivity index (χ0) is 22.8. The summed E-state index contributed by atoms with van der Waals surface area (Å²) in [6.45, 7) is 4.92. The van der Waals surface area contributed by atoms with Gasteiger partial charge in [-0.3, -0.25) is 14.5 Å². The Morgan fingerprint density at radius 2 is 1.66 bits per heavy atom. The van der Waals surface area contributed by atoms with Gasteiger partial charge in [-0.05, 0) is 37.0 Å². The monoisotopic (exact) mass is 437 g/mol. The third-order valence-electron chi connectivity index (χ3n) is 5.50. The number of likely N-dealkylation sites (tertiary alicyclic amines) is 1. The molecule has 0 unspecified atom stereocenters. The molecule has 0 radical (unpaired) electrons. The van der Waals surface area contributed by atoms with Crippen molar-refractivity contribution >= 4 is 23.5 Å². The zero-order valence-corrected chi connectivity index (χ0v) is 18.5. The summed E-state index contributed by atoms with van der Waals surface area (Å²) in [4.78, 5) is 39.5. The highest BCUT2D eigenvalue weighted by atomic mass is 16.5. The van der Waals surface area contributed by atoms with Crippen LogP contribution >= 0.6 is 0 Å². The minimum Gasteiger partial charge on any atom is -0.462 e. The number of piperidine rings is 1. The number of hydrogen-bond donors (Lipinski definition) is 2. The van der Waals surface area contributed by atoms with E-state index in [0.29, 0.717) is 6.61 Å². The Hall–Kier alpha value is -3.19. The molecule has 1 heterocycles.